The number of hydrogen-bond donors (Lipinski definition) is 2. The van der Waals surface area contributed by atoms with Gasteiger partial charge in [-0.15, -0.1) is 0 Å². The standard InChI is InChI=1S/C33H44FN3O5.C2H6/c34-24-7-9-27(29-10-12-33(22-42-29)13-18-40-19-14-33)28(20-24)30(32(38)39)37-16-11-26(21-37)41-17-2-1-5-25-8-6-23-4-3-15-35-31(23)36-25;1-2/h6-9,20,26,29-30H,1-5,10-19,21-22H2,(H,35,36)(H,38,39);1-2H3. The van der Waals surface area contributed by atoms with Crippen molar-refractivity contribution in [1.29, 1.82) is 0 Å². The normalized spacial score (nSPS) is 23.7. The number of unbranched alkanes of at least 4 members (excludes halogenated alkanes) is 1. The molecule has 2 N–H and O–H groups in total. The highest BCUT2D eigenvalue weighted by molar-refractivity contribution is 5.76. The van der Waals surface area contributed by atoms with Gasteiger partial charge in [-0.1, -0.05) is 26.0 Å². The zero-order valence-electron chi connectivity index (χ0n) is 26.5. The number of anilines is 1. The molecule has 3 fully saturated rings. The SMILES string of the molecule is CC.O=C(O)C(c1cc(F)ccc1C1CCC2(CCOCC2)CO1)N1CCC(OCCCCc2ccc3c(n2)NCCC3)C1. The van der Waals surface area contributed by atoms with Crippen molar-refractivity contribution in [2.75, 3.05) is 51.4 Å². The van der Waals surface area contributed by atoms with E-state index in [1.165, 1.54) is 17.7 Å². The summed E-state index contributed by atoms with van der Waals surface area (Å²) in [6.45, 7) is 8.89. The third-order valence-electron chi connectivity index (χ3n) is 9.68. The Bertz CT molecular complexity index is 1230. The Labute approximate surface area is 261 Å². The van der Waals surface area contributed by atoms with Gasteiger partial charge in [-0.25, -0.2) is 9.37 Å². The van der Waals surface area contributed by atoms with Gasteiger partial charge in [0.25, 0.3) is 0 Å². The van der Waals surface area contributed by atoms with Crippen LogP contribution in [0.4, 0.5) is 10.2 Å². The van der Waals surface area contributed by atoms with Crippen molar-refractivity contribution in [2.24, 2.45) is 5.41 Å². The van der Waals surface area contributed by atoms with Crippen LogP contribution in [0.3, 0.4) is 0 Å². The van der Waals surface area contributed by atoms with Gasteiger partial charge in [0.05, 0.1) is 18.8 Å². The summed E-state index contributed by atoms with van der Waals surface area (Å²) in [7, 11) is 0. The summed E-state index contributed by atoms with van der Waals surface area (Å²) in [4.78, 5) is 19.3. The van der Waals surface area contributed by atoms with E-state index in [9.17, 15) is 14.3 Å². The number of nitrogens with zero attached hydrogens (tertiary/aromatic N) is 2. The first kappa shape index (κ1) is 32.8. The third kappa shape index (κ3) is 7.97. The van der Waals surface area contributed by atoms with E-state index in [2.05, 4.69) is 17.4 Å². The first-order valence-electron chi connectivity index (χ1n) is 16.8. The predicted octanol–water partition coefficient (Wildman–Crippen LogP) is 6.49. The molecule has 1 spiro atoms. The lowest BCUT2D eigenvalue weighted by Crippen LogP contribution is -2.39. The molecule has 1 aromatic heterocycles. The number of ether oxygens (including phenoxy) is 3. The number of pyridine rings is 1. The first-order valence-corrected chi connectivity index (χ1v) is 16.8. The predicted molar refractivity (Wildman–Crippen MR) is 168 cm³/mol. The van der Waals surface area contributed by atoms with Gasteiger partial charge in [-0.3, -0.25) is 9.69 Å². The van der Waals surface area contributed by atoms with E-state index in [0.29, 0.717) is 31.9 Å². The molecule has 0 radical (unpaired) electrons. The largest absolute Gasteiger partial charge is 0.480 e. The van der Waals surface area contributed by atoms with E-state index in [1.54, 1.807) is 6.07 Å². The van der Waals surface area contributed by atoms with Gasteiger partial charge in [0.2, 0.25) is 0 Å². The van der Waals surface area contributed by atoms with Crippen LogP contribution in [-0.2, 0) is 31.8 Å². The average Bonchev–Trinajstić information content (AvgIpc) is 3.51. The first-order chi connectivity index (χ1) is 21.5. The van der Waals surface area contributed by atoms with Crippen molar-refractivity contribution < 1.29 is 28.5 Å². The fourth-order valence-electron chi connectivity index (χ4n) is 7.17. The van der Waals surface area contributed by atoms with Crippen LogP contribution >= 0.6 is 0 Å². The van der Waals surface area contributed by atoms with Gasteiger partial charge in [0.15, 0.2) is 0 Å². The number of aryl methyl sites for hydroxylation is 2. The molecule has 4 aliphatic rings. The summed E-state index contributed by atoms with van der Waals surface area (Å²) < 4.78 is 32.6. The Kier molecular flexibility index (Phi) is 11.6. The van der Waals surface area contributed by atoms with Crippen LogP contribution in [0.1, 0.15) is 99.7 Å². The molecule has 1 aromatic carbocycles. The van der Waals surface area contributed by atoms with Gasteiger partial charge in [-0.05, 0) is 105 Å². The minimum absolute atomic E-state index is 0.0331. The molecule has 3 atom stereocenters. The number of likely N-dealkylation sites (tertiary alicyclic amines) is 1. The summed E-state index contributed by atoms with van der Waals surface area (Å²) >= 11 is 0. The van der Waals surface area contributed by atoms with Crippen LogP contribution in [0.5, 0.6) is 0 Å². The maximum atomic E-state index is 14.5. The summed E-state index contributed by atoms with van der Waals surface area (Å²) in [6, 6.07) is 7.94. The average molecular weight is 612 g/mol. The number of halogens is 1. The highest BCUT2D eigenvalue weighted by Gasteiger charge is 2.41. The smallest absolute Gasteiger partial charge is 0.325 e. The monoisotopic (exact) mass is 611 g/mol. The van der Waals surface area contributed by atoms with E-state index in [1.807, 2.05) is 18.7 Å². The Morgan fingerprint density at radius 1 is 1.18 bits per heavy atom. The molecule has 9 heteroatoms. The number of carbonyl (C=O) groups is 1. The molecule has 4 aliphatic heterocycles. The maximum Gasteiger partial charge on any atom is 0.325 e. The van der Waals surface area contributed by atoms with Crippen molar-refractivity contribution >= 4 is 11.8 Å². The quantitative estimate of drug-likeness (QED) is 0.295. The molecule has 0 amide bonds. The Morgan fingerprint density at radius 3 is 2.80 bits per heavy atom. The summed E-state index contributed by atoms with van der Waals surface area (Å²) in [5, 5.41) is 13.7. The number of rotatable bonds is 10. The van der Waals surface area contributed by atoms with Crippen LogP contribution < -0.4 is 5.32 Å². The molecule has 2 aromatic rings. The number of carboxylic acid groups (broad SMARTS) is 1. The fraction of sp³-hybridized carbons (Fsp3) is 0.657. The van der Waals surface area contributed by atoms with Gasteiger partial charge < -0.3 is 24.6 Å². The van der Waals surface area contributed by atoms with E-state index < -0.39 is 17.8 Å². The van der Waals surface area contributed by atoms with Gasteiger partial charge >= 0.3 is 5.97 Å². The summed E-state index contributed by atoms with van der Waals surface area (Å²) in [5.41, 5.74) is 3.85. The van der Waals surface area contributed by atoms with E-state index in [4.69, 9.17) is 19.2 Å². The molecule has 0 bridgehead atoms. The number of carboxylic acids is 1. The number of fused-ring (bicyclic) bond motifs is 1. The van der Waals surface area contributed by atoms with Crippen LogP contribution in [0.2, 0.25) is 0 Å². The van der Waals surface area contributed by atoms with Crippen LogP contribution in [0.25, 0.3) is 0 Å². The van der Waals surface area contributed by atoms with Gasteiger partial charge in [-0.2, -0.15) is 0 Å². The van der Waals surface area contributed by atoms with E-state index >= 15 is 0 Å². The van der Waals surface area contributed by atoms with Crippen molar-refractivity contribution in [3.05, 3.63) is 58.5 Å². The van der Waals surface area contributed by atoms with Gasteiger partial charge in [0.1, 0.15) is 17.7 Å². The molecule has 242 valence electrons. The highest BCUT2D eigenvalue weighted by Crippen LogP contribution is 2.45. The zero-order valence-corrected chi connectivity index (χ0v) is 26.5. The Hall–Kier alpha value is -2.59. The molecule has 8 nitrogen and oxygen atoms in total. The molecule has 0 aliphatic carbocycles. The zero-order chi connectivity index (χ0) is 30.9. The second-order valence-corrected chi connectivity index (χ2v) is 12.5. The second-order valence-electron chi connectivity index (χ2n) is 12.5. The number of aliphatic carboxylic acids is 1. The van der Waals surface area contributed by atoms with Crippen molar-refractivity contribution in [2.45, 2.75) is 96.3 Å². The van der Waals surface area contributed by atoms with Crippen molar-refractivity contribution in [1.82, 2.24) is 9.88 Å². The van der Waals surface area contributed by atoms with Crippen molar-refractivity contribution in [3.8, 4) is 0 Å². The number of benzene rings is 1. The molecule has 3 saturated heterocycles. The van der Waals surface area contributed by atoms with Crippen LogP contribution in [0.15, 0.2) is 30.3 Å². The van der Waals surface area contributed by atoms with Crippen molar-refractivity contribution in [3.63, 3.8) is 0 Å². The maximum absolute atomic E-state index is 14.5. The lowest BCUT2D eigenvalue weighted by molar-refractivity contribution is -0.143. The minimum atomic E-state index is -0.966. The molecular formula is C35H50FN3O5. The van der Waals surface area contributed by atoms with E-state index in [0.717, 1.165) is 101 Å². The van der Waals surface area contributed by atoms with Crippen LogP contribution in [-0.4, -0.2) is 73.1 Å². The highest BCUT2D eigenvalue weighted by atomic mass is 19.1. The van der Waals surface area contributed by atoms with Gasteiger partial charge in [0, 0.05) is 45.1 Å². The topological polar surface area (TPSA) is 93.2 Å². The molecule has 0 saturated carbocycles. The number of hydrogen-bond acceptors (Lipinski definition) is 7. The molecule has 5 heterocycles. The molecule has 6 rings (SSSR count). The lowest BCUT2D eigenvalue weighted by Gasteiger charge is -2.43. The third-order valence-corrected chi connectivity index (χ3v) is 9.68. The Morgan fingerprint density at radius 2 is 2.02 bits per heavy atom. The number of nitrogens with one attached hydrogen (secondary N) is 1. The van der Waals surface area contributed by atoms with E-state index in [-0.39, 0.29) is 17.6 Å². The lowest BCUT2D eigenvalue weighted by atomic mass is 9.74. The molecular weight excluding hydrogens is 561 g/mol. The summed E-state index contributed by atoms with van der Waals surface area (Å²) in [5.74, 6) is -0.354. The second kappa shape index (κ2) is 15.6. The fourth-order valence-corrected chi connectivity index (χ4v) is 7.17. The summed E-state index contributed by atoms with van der Waals surface area (Å²) in [6.07, 6.45) is 9.37. The number of aromatic nitrogens is 1. The Balaban J connectivity index is 0.00000188. The molecule has 44 heavy (non-hydrogen) atoms. The minimum Gasteiger partial charge on any atom is -0.480 e. The van der Waals surface area contributed by atoms with Crippen LogP contribution in [0, 0.1) is 11.2 Å². The molecule has 3 unspecified atom stereocenters.